The summed E-state index contributed by atoms with van der Waals surface area (Å²) in [4.78, 5) is 16.3. The maximum atomic E-state index is 12.3. The molecular weight excluding hydrogens is 236 g/mol. The molecule has 3 nitrogen and oxygen atoms in total. The van der Waals surface area contributed by atoms with Crippen LogP contribution in [0.4, 0.5) is 0 Å². The summed E-state index contributed by atoms with van der Waals surface area (Å²) in [5.41, 5.74) is 1.71. The molecule has 3 rings (SSSR count). The maximum absolute atomic E-state index is 12.3. The van der Waals surface area contributed by atoms with Crippen molar-refractivity contribution in [1.82, 2.24) is 9.55 Å². The molecule has 2 aromatic carbocycles. The molecule has 0 spiro atoms. The van der Waals surface area contributed by atoms with Crippen LogP contribution < -0.4 is 0 Å². The number of ketones is 1. The second-order valence-corrected chi connectivity index (χ2v) is 4.63. The zero-order valence-electron chi connectivity index (χ0n) is 10.7. The summed E-state index contributed by atoms with van der Waals surface area (Å²) in [5, 5.41) is 2.30. The Bertz CT molecular complexity index is 738. The van der Waals surface area contributed by atoms with Gasteiger partial charge in [0.05, 0.1) is 12.5 Å². The van der Waals surface area contributed by atoms with Crippen LogP contribution in [0.2, 0.25) is 0 Å². The number of carbonyl (C=O) groups is 1. The number of Topliss-reactive ketones (excluding diaryl/α,β-unsaturated/α-hetero) is 1. The second-order valence-electron chi connectivity index (χ2n) is 4.63. The highest BCUT2D eigenvalue weighted by molar-refractivity contribution is 5.98. The first-order valence-corrected chi connectivity index (χ1v) is 6.22. The third-order valence-corrected chi connectivity index (χ3v) is 3.33. The highest BCUT2D eigenvalue weighted by atomic mass is 16.1. The van der Waals surface area contributed by atoms with E-state index >= 15 is 0 Å². The van der Waals surface area contributed by atoms with E-state index in [0.29, 0.717) is 12.1 Å². The fraction of sp³-hybridized carbons (Fsp3) is 0.125. The van der Waals surface area contributed by atoms with E-state index in [1.54, 1.807) is 17.1 Å². The van der Waals surface area contributed by atoms with Crippen LogP contribution >= 0.6 is 0 Å². The molecule has 0 atom stereocenters. The predicted octanol–water partition coefficient (Wildman–Crippen LogP) is 3.00. The van der Waals surface area contributed by atoms with Gasteiger partial charge in [0.25, 0.3) is 0 Å². The molecule has 0 N–H and O–H groups in total. The average molecular weight is 250 g/mol. The molecule has 94 valence electrons. The minimum absolute atomic E-state index is 0.0938. The highest BCUT2D eigenvalue weighted by Gasteiger charge is 2.12. The van der Waals surface area contributed by atoms with E-state index in [2.05, 4.69) is 23.2 Å². The van der Waals surface area contributed by atoms with E-state index in [1.165, 1.54) is 0 Å². The quantitative estimate of drug-likeness (QED) is 0.670. The third kappa shape index (κ3) is 2.15. The van der Waals surface area contributed by atoms with Gasteiger partial charge in [0, 0.05) is 13.5 Å². The molecule has 19 heavy (non-hydrogen) atoms. The predicted molar refractivity (Wildman–Crippen MR) is 75.2 cm³/mol. The molecule has 0 aliphatic carbocycles. The first-order valence-electron chi connectivity index (χ1n) is 6.22. The topological polar surface area (TPSA) is 34.9 Å². The van der Waals surface area contributed by atoms with Crippen LogP contribution in [0.3, 0.4) is 0 Å². The van der Waals surface area contributed by atoms with Crippen LogP contribution in [0, 0.1) is 0 Å². The van der Waals surface area contributed by atoms with Crippen LogP contribution in [0.25, 0.3) is 10.8 Å². The lowest BCUT2D eigenvalue weighted by Crippen LogP contribution is -2.08. The van der Waals surface area contributed by atoms with Gasteiger partial charge >= 0.3 is 0 Å². The van der Waals surface area contributed by atoms with Gasteiger partial charge in [0.15, 0.2) is 5.78 Å². The number of nitrogens with zero attached hydrogens (tertiary/aromatic N) is 2. The fourth-order valence-electron chi connectivity index (χ4n) is 2.34. The first-order chi connectivity index (χ1) is 9.25. The smallest absolute Gasteiger partial charge is 0.185 e. The van der Waals surface area contributed by atoms with Gasteiger partial charge in [0.2, 0.25) is 0 Å². The molecule has 1 aromatic heterocycles. The Balaban J connectivity index is 1.98. The van der Waals surface area contributed by atoms with Gasteiger partial charge in [-0.25, -0.2) is 4.98 Å². The van der Waals surface area contributed by atoms with Crippen LogP contribution in [-0.4, -0.2) is 15.3 Å². The Kier molecular flexibility index (Phi) is 2.88. The lowest BCUT2D eigenvalue weighted by molar-refractivity contribution is 0.0985. The summed E-state index contributed by atoms with van der Waals surface area (Å²) in [7, 11) is 1.84. The number of imidazole rings is 1. The minimum atomic E-state index is 0.0938. The molecule has 0 unspecified atom stereocenters. The zero-order chi connectivity index (χ0) is 13.2. The molecule has 0 saturated heterocycles. The molecule has 3 heteroatoms. The minimum Gasteiger partial charge on any atom is -0.331 e. The zero-order valence-corrected chi connectivity index (χ0v) is 10.7. The number of carbonyl (C=O) groups excluding carboxylic acids is 1. The van der Waals surface area contributed by atoms with Gasteiger partial charge in [-0.2, -0.15) is 0 Å². The van der Waals surface area contributed by atoms with Crippen LogP contribution in [0.5, 0.6) is 0 Å². The summed E-state index contributed by atoms with van der Waals surface area (Å²) in [6.07, 6.45) is 3.67. The van der Waals surface area contributed by atoms with Gasteiger partial charge < -0.3 is 4.57 Å². The van der Waals surface area contributed by atoms with E-state index in [0.717, 1.165) is 16.3 Å². The van der Waals surface area contributed by atoms with Crippen molar-refractivity contribution in [2.75, 3.05) is 0 Å². The molecule has 0 fully saturated rings. The number of benzene rings is 2. The molecule has 3 aromatic rings. The van der Waals surface area contributed by atoms with Gasteiger partial charge in [-0.05, 0) is 16.3 Å². The number of hydrogen-bond acceptors (Lipinski definition) is 2. The largest absolute Gasteiger partial charge is 0.331 e. The van der Waals surface area contributed by atoms with E-state index < -0.39 is 0 Å². The van der Waals surface area contributed by atoms with Gasteiger partial charge in [-0.15, -0.1) is 0 Å². The molecule has 0 aliphatic heterocycles. The Morgan fingerprint density at radius 2 is 1.95 bits per heavy atom. The summed E-state index contributed by atoms with van der Waals surface area (Å²) in [6.45, 7) is 0. The molecule has 0 saturated carbocycles. The Morgan fingerprint density at radius 1 is 1.16 bits per heavy atom. The third-order valence-electron chi connectivity index (χ3n) is 3.33. The van der Waals surface area contributed by atoms with Gasteiger partial charge in [-0.1, -0.05) is 42.5 Å². The fourth-order valence-corrected chi connectivity index (χ4v) is 2.34. The van der Waals surface area contributed by atoms with E-state index in [9.17, 15) is 4.79 Å². The molecule has 0 radical (unpaired) electrons. The number of rotatable bonds is 3. The normalized spacial score (nSPS) is 10.8. The van der Waals surface area contributed by atoms with Crippen LogP contribution in [0.15, 0.2) is 55.0 Å². The summed E-state index contributed by atoms with van der Waals surface area (Å²) in [5.74, 6) is 0.0938. The van der Waals surface area contributed by atoms with Crippen molar-refractivity contribution < 1.29 is 4.79 Å². The van der Waals surface area contributed by atoms with Crippen molar-refractivity contribution in [3.8, 4) is 0 Å². The van der Waals surface area contributed by atoms with Gasteiger partial charge in [-0.3, -0.25) is 4.79 Å². The van der Waals surface area contributed by atoms with Crippen molar-refractivity contribution in [3.05, 3.63) is 66.2 Å². The summed E-state index contributed by atoms with van der Waals surface area (Å²) >= 11 is 0. The van der Waals surface area contributed by atoms with Gasteiger partial charge in [0.1, 0.15) is 5.69 Å². The molecule has 0 bridgehead atoms. The average Bonchev–Trinajstić information content (AvgIpc) is 2.85. The van der Waals surface area contributed by atoms with E-state index in [1.807, 2.05) is 31.3 Å². The highest BCUT2D eigenvalue weighted by Crippen LogP contribution is 2.20. The lowest BCUT2D eigenvalue weighted by atomic mass is 10.00. The van der Waals surface area contributed by atoms with Crippen LogP contribution in [-0.2, 0) is 13.5 Å². The van der Waals surface area contributed by atoms with Crippen molar-refractivity contribution >= 4 is 16.6 Å². The first kappa shape index (κ1) is 11.7. The number of hydrogen-bond donors (Lipinski definition) is 0. The Labute approximate surface area is 111 Å². The van der Waals surface area contributed by atoms with Crippen LogP contribution in [0.1, 0.15) is 16.1 Å². The summed E-state index contributed by atoms with van der Waals surface area (Å²) < 4.78 is 1.76. The molecule has 1 heterocycles. The SMILES string of the molecule is Cn1cncc1C(=O)Cc1cccc2ccccc12. The standard InChI is InChI=1S/C16H14N2O/c1-18-11-17-10-15(18)16(19)9-13-7-4-6-12-5-2-3-8-14(12)13/h2-8,10-11H,9H2,1H3. The van der Waals surface area contributed by atoms with Crippen molar-refractivity contribution in [2.24, 2.45) is 7.05 Å². The lowest BCUT2D eigenvalue weighted by Gasteiger charge is -2.06. The maximum Gasteiger partial charge on any atom is 0.185 e. The van der Waals surface area contributed by atoms with Crippen molar-refractivity contribution in [1.29, 1.82) is 0 Å². The Morgan fingerprint density at radius 3 is 2.74 bits per heavy atom. The molecule has 0 aliphatic rings. The molecule has 0 amide bonds. The van der Waals surface area contributed by atoms with E-state index in [-0.39, 0.29) is 5.78 Å². The van der Waals surface area contributed by atoms with E-state index in [4.69, 9.17) is 0 Å². The number of fused-ring (bicyclic) bond motifs is 1. The second kappa shape index (κ2) is 4.69. The van der Waals surface area contributed by atoms with Crippen molar-refractivity contribution in [3.63, 3.8) is 0 Å². The Hall–Kier alpha value is -2.42. The molecular formula is C16H14N2O. The van der Waals surface area contributed by atoms with Crippen molar-refractivity contribution in [2.45, 2.75) is 6.42 Å². The number of aromatic nitrogens is 2. The number of aryl methyl sites for hydroxylation is 1. The summed E-state index contributed by atoms with van der Waals surface area (Å²) in [6, 6.07) is 14.2. The monoisotopic (exact) mass is 250 g/mol.